The van der Waals surface area contributed by atoms with Crippen molar-refractivity contribution in [2.45, 2.75) is 13.3 Å². The Hall–Kier alpha value is -1.83. The molecule has 0 bridgehead atoms. The number of anilines is 1. The fourth-order valence-electron chi connectivity index (χ4n) is 1.65. The molecule has 1 heterocycles. The predicted octanol–water partition coefficient (Wildman–Crippen LogP) is 2.77. The molecule has 0 radical (unpaired) electrons. The van der Waals surface area contributed by atoms with Crippen LogP contribution < -0.4 is 5.32 Å². The lowest BCUT2D eigenvalue weighted by molar-refractivity contribution is -0.113. The molecule has 15 heavy (non-hydrogen) atoms. The Morgan fingerprint density at radius 3 is 2.87 bits per heavy atom. The van der Waals surface area contributed by atoms with Crippen molar-refractivity contribution in [1.29, 1.82) is 0 Å². The topological polar surface area (TPSA) is 29.1 Å². The van der Waals surface area contributed by atoms with Crippen LogP contribution >= 0.6 is 0 Å². The van der Waals surface area contributed by atoms with Crippen LogP contribution in [0.2, 0.25) is 0 Å². The third-order valence-corrected chi connectivity index (χ3v) is 2.57. The van der Waals surface area contributed by atoms with Gasteiger partial charge in [0.15, 0.2) is 0 Å². The molecule has 76 valence electrons. The number of hydrogen-bond acceptors (Lipinski definition) is 1. The molecule has 1 aromatic rings. The van der Waals surface area contributed by atoms with Crippen molar-refractivity contribution in [2.24, 2.45) is 0 Å². The van der Waals surface area contributed by atoms with Crippen LogP contribution in [0.4, 0.5) is 5.69 Å². The highest BCUT2D eigenvalue weighted by Gasteiger charge is 2.18. The summed E-state index contributed by atoms with van der Waals surface area (Å²) in [5.74, 6) is -0.0782. The van der Waals surface area contributed by atoms with Crippen LogP contribution in [-0.4, -0.2) is 5.91 Å². The van der Waals surface area contributed by atoms with Crippen LogP contribution in [-0.2, 0) is 11.2 Å². The molecule has 2 nitrogen and oxygen atoms in total. The SMILES string of the molecule is C=C1Cc2cc(C(=C)C)ccc2NC1=O. The zero-order valence-electron chi connectivity index (χ0n) is 8.76. The first-order valence-corrected chi connectivity index (χ1v) is 4.86. The van der Waals surface area contributed by atoms with Crippen LogP contribution in [0.1, 0.15) is 18.1 Å². The maximum atomic E-state index is 11.3. The molecule has 1 amide bonds. The van der Waals surface area contributed by atoms with E-state index in [1.165, 1.54) is 0 Å². The molecule has 0 saturated heterocycles. The second-order valence-corrected chi connectivity index (χ2v) is 3.89. The number of fused-ring (bicyclic) bond motifs is 1. The number of nitrogens with one attached hydrogen (secondary N) is 1. The first-order chi connectivity index (χ1) is 7.08. The van der Waals surface area contributed by atoms with E-state index in [4.69, 9.17) is 0 Å². The zero-order valence-corrected chi connectivity index (χ0v) is 8.76. The highest BCUT2D eigenvalue weighted by Crippen LogP contribution is 2.27. The Morgan fingerprint density at radius 2 is 2.20 bits per heavy atom. The second kappa shape index (κ2) is 3.39. The molecule has 0 unspecified atom stereocenters. The molecule has 2 rings (SSSR count). The molecule has 0 spiro atoms. The predicted molar refractivity (Wildman–Crippen MR) is 62.6 cm³/mol. The maximum Gasteiger partial charge on any atom is 0.251 e. The fourth-order valence-corrected chi connectivity index (χ4v) is 1.65. The van der Waals surface area contributed by atoms with Crippen LogP contribution in [0.15, 0.2) is 36.9 Å². The second-order valence-electron chi connectivity index (χ2n) is 3.89. The minimum atomic E-state index is -0.0782. The molecular formula is C13H13NO. The van der Waals surface area contributed by atoms with E-state index in [1.54, 1.807) is 0 Å². The van der Waals surface area contributed by atoms with Gasteiger partial charge in [0, 0.05) is 17.7 Å². The quantitative estimate of drug-likeness (QED) is 0.692. The summed E-state index contributed by atoms with van der Waals surface area (Å²) in [6, 6.07) is 5.95. The zero-order chi connectivity index (χ0) is 11.0. The summed E-state index contributed by atoms with van der Waals surface area (Å²) >= 11 is 0. The number of rotatable bonds is 1. The summed E-state index contributed by atoms with van der Waals surface area (Å²) in [4.78, 5) is 11.3. The van der Waals surface area contributed by atoms with Crippen LogP contribution in [0, 0.1) is 0 Å². The standard InChI is InChI=1S/C13H13NO/c1-8(2)10-4-5-12-11(7-10)6-9(3)13(15)14-12/h4-5,7H,1,3,6H2,2H3,(H,14,15). The van der Waals surface area contributed by atoms with E-state index in [0.717, 1.165) is 22.4 Å². The van der Waals surface area contributed by atoms with Gasteiger partial charge in [0.2, 0.25) is 0 Å². The first-order valence-electron chi connectivity index (χ1n) is 4.86. The van der Waals surface area contributed by atoms with E-state index >= 15 is 0 Å². The summed E-state index contributed by atoms with van der Waals surface area (Å²) in [5.41, 5.74) is 4.75. The van der Waals surface area contributed by atoms with Crippen LogP contribution in [0.25, 0.3) is 5.57 Å². The van der Waals surface area contributed by atoms with Gasteiger partial charge in [0.25, 0.3) is 5.91 Å². The van der Waals surface area contributed by atoms with E-state index in [1.807, 2.05) is 19.1 Å². The Bertz CT molecular complexity index is 471. The lowest BCUT2D eigenvalue weighted by Crippen LogP contribution is -2.21. The van der Waals surface area contributed by atoms with Crippen molar-refractivity contribution in [3.63, 3.8) is 0 Å². The highest BCUT2D eigenvalue weighted by atomic mass is 16.1. The number of allylic oxidation sites excluding steroid dienone is 1. The Balaban J connectivity index is 2.46. The molecule has 0 fully saturated rings. The summed E-state index contributed by atoms with van der Waals surface area (Å²) in [5, 5.41) is 2.81. The van der Waals surface area contributed by atoms with Gasteiger partial charge < -0.3 is 5.32 Å². The summed E-state index contributed by atoms with van der Waals surface area (Å²) < 4.78 is 0. The van der Waals surface area contributed by atoms with Crippen molar-refractivity contribution in [3.8, 4) is 0 Å². The van der Waals surface area contributed by atoms with Gasteiger partial charge in [-0.05, 0) is 30.2 Å². The number of carbonyl (C=O) groups is 1. The number of benzene rings is 1. The normalized spacial score (nSPS) is 14.5. The van der Waals surface area contributed by atoms with E-state index in [0.29, 0.717) is 12.0 Å². The molecule has 0 atom stereocenters. The molecular weight excluding hydrogens is 186 g/mol. The van der Waals surface area contributed by atoms with E-state index in [9.17, 15) is 4.79 Å². The average molecular weight is 199 g/mol. The third-order valence-electron chi connectivity index (χ3n) is 2.57. The van der Waals surface area contributed by atoms with Crippen molar-refractivity contribution in [2.75, 3.05) is 5.32 Å². The molecule has 1 N–H and O–H groups in total. The third kappa shape index (κ3) is 1.71. The summed E-state index contributed by atoms with van der Waals surface area (Å²) in [7, 11) is 0. The van der Waals surface area contributed by atoms with Gasteiger partial charge >= 0.3 is 0 Å². The molecule has 1 aliphatic heterocycles. The van der Waals surface area contributed by atoms with Crippen LogP contribution in [0.5, 0.6) is 0 Å². The minimum Gasteiger partial charge on any atom is -0.322 e. The van der Waals surface area contributed by atoms with Crippen molar-refractivity contribution < 1.29 is 4.79 Å². The van der Waals surface area contributed by atoms with Gasteiger partial charge in [0.05, 0.1) is 0 Å². The minimum absolute atomic E-state index is 0.0782. The molecule has 0 saturated carbocycles. The maximum absolute atomic E-state index is 11.3. The van der Waals surface area contributed by atoms with E-state index in [2.05, 4.69) is 24.5 Å². The highest BCUT2D eigenvalue weighted by molar-refractivity contribution is 6.06. The number of carbonyl (C=O) groups excluding carboxylic acids is 1. The van der Waals surface area contributed by atoms with Gasteiger partial charge in [-0.3, -0.25) is 4.79 Å². The summed E-state index contributed by atoms with van der Waals surface area (Å²) in [6.07, 6.45) is 0.627. The molecule has 0 aliphatic carbocycles. The van der Waals surface area contributed by atoms with Gasteiger partial charge in [0.1, 0.15) is 0 Å². The summed E-state index contributed by atoms with van der Waals surface area (Å²) in [6.45, 7) is 9.60. The Labute approximate surface area is 89.3 Å². The molecule has 1 aromatic carbocycles. The van der Waals surface area contributed by atoms with Crippen molar-refractivity contribution in [3.05, 3.63) is 48.1 Å². The van der Waals surface area contributed by atoms with Crippen molar-refractivity contribution >= 4 is 17.2 Å². The monoisotopic (exact) mass is 199 g/mol. The smallest absolute Gasteiger partial charge is 0.251 e. The van der Waals surface area contributed by atoms with Crippen LogP contribution in [0.3, 0.4) is 0 Å². The largest absolute Gasteiger partial charge is 0.322 e. The van der Waals surface area contributed by atoms with E-state index < -0.39 is 0 Å². The Morgan fingerprint density at radius 1 is 1.47 bits per heavy atom. The lowest BCUT2D eigenvalue weighted by Gasteiger charge is -2.19. The van der Waals surface area contributed by atoms with E-state index in [-0.39, 0.29) is 5.91 Å². The molecule has 2 heteroatoms. The van der Waals surface area contributed by atoms with Gasteiger partial charge in [-0.15, -0.1) is 0 Å². The van der Waals surface area contributed by atoms with Gasteiger partial charge in [-0.1, -0.05) is 24.8 Å². The molecule has 1 aliphatic rings. The first kappa shape index (κ1) is 9.71. The average Bonchev–Trinajstić information content (AvgIpc) is 2.19. The van der Waals surface area contributed by atoms with Gasteiger partial charge in [-0.25, -0.2) is 0 Å². The number of amides is 1. The molecule has 0 aromatic heterocycles. The van der Waals surface area contributed by atoms with Gasteiger partial charge in [-0.2, -0.15) is 0 Å². The number of hydrogen-bond donors (Lipinski definition) is 1. The Kier molecular flexibility index (Phi) is 2.19. The lowest BCUT2D eigenvalue weighted by atomic mass is 9.96. The van der Waals surface area contributed by atoms with Crippen molar-refractivity contribution in [1.82, 2.24) is 0 Å². The fraction of sp³-hybridized carbons (Fsp3) is 0.154.